The van der Waals surface area contributed by atoms with Gasteiger partial charge in [0.15, 0.2) is 0 Å². The zero-order chi connectivity index (χ0) is 17.6. The summed E-state index contributed by atoms with van der Waals surface area (Å²) in [6, 6.07) is 9.84. The molecule has 0 N–H and O–H groups in total. The highest BCUT2D eigenvalue weighted by molar-refractivity contribution is 5.96. The lowest BCUT2D eigenvalue weighted by molar-refractivity contribution is -0.149. The van der Waals surface area contributed by atoms with Gasteiger partial charge in [-0.2, -0.15) is 5.26 Å². The Kier molecular flexibility index (Phi) is 6.15. The molecule has 23 heavy (non-hydrogen) atoms. The van der Waals surface area contributed by atoms with E-state index in [1.54, 1.807) is 26.8 Å². The normalized spacial score (nSPS) is 12.6. The van der Waals surface area contributed by atoms with Gasteiger partial charge in [0.1, 0.15) is 17.2 Å². The van der Waals surface area contributed by atoms with Crippen molar-refractivity contribution in [3.05, 3.63) is 53.2 Å². The average Bonchev–Trinajstić information content (AvgIpc) is 2.40. The Morgan fingerprint density at radius 1 is 1.30 bits per heavy atom. The van der Waals surface area contributed by atoms with E-state index >= 15 is 0 Å². The quantitative estimate of drug-likeness (QED) is 0.368. The third-order valence-electron chi connectivity index (χ3n) is 2.79. The van der Waals surface area contributed by atoms with E-state index < -0.39 is 11.6 Å². The van der Waals surface area contributed by atoms with Crippen LogP contribution in [0.3, 0.4) is 0 Å². The van der Waals surface area contributed by atoms with Crippen molar-refractivity contribution >= 4 is 11.5 Å². The predicted molar refractivity (Wildman–Crippen MR) is 92.4 cm³/mol. The highest BCUT2D eigenvalue weighted by atomic mass is 16.6. The molecule has 0 radical (unpaired) electrons. The van der Waals surface area contributed by atoms with Crippen LogP contribution >= 0.6 is 0 Å². The molecule has 122 valence electrons. The van der Waals surface area contributed by atoms with Crippen molar-refractivity contribution in [2.24, 2.45) is 0 Å². The van der Waals surface area contributed by atoms with Crippen LogP contribution in [-0.2, 0) is 9.53 Å². The van der Waals surface area contributed by atoms with Crippen molar-refractivity contribution < 1.29 is 9.53 Å². The van der Waals surface area contributed by atoms with Crippen molar-refractivity contribution in [3.8, 4) is 6.07 Å². The standard InChI is InChI=1S/C19H24N2O2/c1-14-8-7-9-15(10-14)17(13-21(5)6)11-16(12-20)18(22)23-19(2,3)4/h7-11,13H,1-6H3/b16-11-,17-13+. The second-order valence-electron chi connectivity index (χ2n) is 6.59. The number of esters is 1. The molecule has 0 aromatic heterocycles. The third kappa shape index (κ3) is 6.39. The lowest BCUT2D eigenvalue weighted by Crippen LogP contribution is -2.24. The lowest BCUT2D eigenvalue weighted by atomic mass is 10.0. The van der Waals surface area contributed by atoms with Crippen LogP contribution < -0.4 is 0 Å². The molecule has 4 heteroatoms. The summed E-state index contributed by atoms with van der Waals surface area (Å²) in [6.45, 7) is 7.32. The number of hydrogen-bond donors (Lipinski definition) is 0. The second kappa shape index (κ2) is 7.64. The van der Waals surface area contributed by atoms with E-state index in [9.17, 15) is 10.1 Å². The zero-order valence-corrected chi connectivity index (χ0v) is 14.7. The molecule has 0 unspecified atom stereocenters. The van der Waals surface area contributed by atoms with Gasteiger partial charge in [-0.15, -0.1) is 0 Å². The van der Waals surface area contributed by atoms with E-state index in [4.69, 9.17) is 4.74 Å². The molecule has 1 aromatic rings. The van der Waals surface area contributed by atoms with Gasteiger partial charge >= 0.3 is 5.97 Å². The number of allylic oxidation sites excluding steroid dienone is 2. The van der Waals surface area contributed by atoms with Crippen LogP contribution in [0.25, 0.3) is 5.57 Å². The van der Waals surface area contributed by atoms with Gasteiger partial charge < -0.3 is 9.64 Å². The van der Waals surface area contributed by atoms with Gasteiger partial charge in [-0.3, -0.25) is 0 Å². The molecule has 0 aliphatic heterocycles. The lowest BCUT2D eigenvalue weighted by Gasteiger charge is -2.19. The van der Waals surface area contributed by atoms with Gasteiger partial charge in [0.05, 0.1) is 0 Å². The second-order valence-corrected chi connectivity index (χ2v) is 6.59. The van der Waals surface area contributed by atoms with Gasteiger partial charge in [0.2, 0.25) is 0 Å². The Bertz CT molecular complexity index is 671. The van der Waals surface area contributed by atoms with Crippen molar-refractivity contribution in [2.75, 3.05) is 14.1 Å². The number of carbonyl (C=O) groups is 1. The first-order valence-electron chi connectivity index (χ1n) is 7.43. The minimum Gasteiger partial charge on any atom is -0.456 e. The maximum absolute atomic E-state index is 12.2. The fourth-order valence-electron chi connectivity index (χ4n) is 1.92. The third-order valence-corrected chi connectivity index (χ3v) is 2.79. The Morgan fingerprint density at radius 3 is 2.43 bits per heavy atom. The number of rotatable bonds is 4. The van der Waals surface area contributed by atoms with Crippen molar-refractivity contribution in [2.45, 2.75) is 33.3 Å². The molecule has 0 amide bonds. The summed E-state index contributed by atoms with van der Waals surface area (Å²) in [5, 5.41) is 9.32. The van der Waals surface area contributed by atoms with Gasteiger partial charge in [-0.25, -0.2) is 4.79 Å². The molecular formula is C19H24N2O2. The largest absolute Gasteiger partial charge is 0.456 e. The SMILES string of the molecule is Cc1cccc(C(/C=C(/C#N)C(=O)OC(C)(C)C)=C/N(C)C)c1. The van der Waals surface area contributed by atoms with E-state index in [-0.39, 0.29) is 5.57 Å². The van der Waals surface area contributed by atoms with Crippen LogP contribution in [0.2, 0.25) is 0 Å². The number of nitriles is 1. The molecule has 0 atom stereocenters. The fraction of sp³-hybridized carbons (Fsp3) is 0.368. The maximum atomic E-state index is 12.2. The van der Waals surface area contributed by atoms with Crippen molar-refractivity contribution in [1.29, 1.82) is 5.26 Å². The molecule has 0 aliphatic carbocycles. The van der Waals surface area contributed by atoms with Crippen molar-refractivity contribution in [1.82, 2.24) is 4.90 Å². The van der Waals surface area contributed by atoms with E-state index in [2.05, 4.69) is 0 Å². The van der Waals surface area contributed by atoms with Crippen LogP contribution in [0.4, 0.5) is 0 Å². The summed E-state index contributed by atoms with van der Waals surface area (Å²) in [6.07, 6.45) is 3.44. The molecular weight excluding hydrogens is 288 g/mol. The number of carbonyl (C=O) groups excluding carboxylic acids is 1. The van der Waals surface area contributed by atoms with Crippen LogP contribution in [0.5, 0.6) is 0 Å². The average molecular weight is 312 g/mol. The predicted octanol–water partition coefficient (Wildman–Crippen LogP) is 3.69. The minimum atomic E-state index is -0.637. The van der Waals surface area contributed by atoms with Crippen LogP contribution in [0.1, 0.15) is 31.9 Å². The van der Waals surface area contributed by atoms with Gasteiger partial charge in [0.25, 0.3) is 0 Å². The Balaban J connectivity index is 3.27. The monoisotopic (exact) mass is 312 g/mol. The number of benzene rings is 1. The molecule has 0 spiro atoms. The number of ether oxygens (including phenoxy) is 1. The van der Waals surface area contributed by atoms with E-state index in [0.717, 1.165) is 16.7 Å². The number of nitrogens with zero attached hydrogens (tertiary/aromatic N) is 2. The summed E-state index contributed by atoms with van der Waals surface area (Å²) in [4.78, 5) is 14.0. The molecule has 4 nitrogen and oxygen atoms in total. The number of hydrogen-bond acceptors (Lipinski definition) is 4. The Labute approximate surface area is 138 Å². The molecule has 0 saturated heterocycles. The van der Waals surface area contributed by atoms with E-state index in [0.29, 0.717) is 0 Å². The highest BCUT2D eigenvalue weighted by Gasteiger charge is 2.20. The summed E-state index contributed by atoms with van der Waals surface area (Å²) >= 11 is 0. The smallest absolute Gasteiger partial charge is 0.349 e. The summed E-state index contributed by atoms with van der Waals surface area (Å²) in [5.41, 5.74) is 2.17. The molecule has 0 saturated carbocycles. The molecule has 0 heterocycles. The number of aryl methyl sites for hydroxylation is 1. The van der Waals surface area contributed by atoms with E-state index in [1.165, 1.54) is 0 Å². The fourth-order valence-corrected chi connectivity index (χ4v) is 1.92. The zero-order valence-electron chi connectivity index (χ0n) is 14.7. The minimum absolute atomic E-state index is 0.0190. The van der Waals surface area contributed by atoms with Crippen LogP contribution in [-0.4, -0.2) is 30.6 Å². The molecule has 1 rings (SSSR count). The highest BCUT2D eigenvalue weighted by Crippen LogP contribution is 2.21. The first kappa shape index (κ1) is 18.5. The summed E-state index contributed by atoms with van der Waals surface area (Å²) in [7, 11) is 3.78. The molecule has 0 fully saturated rings. The molecule has 0 aliphatic rings. The first-order chi connectivity index (χ1) is 10.6. The maximum Gasteiger partial charge on any atom is 0.349 e. The van der Waals surface area contributed by atoms with Crippen molar-refractivity contribution in [3.63, 3.8) is 0 Å². The van der Waals surface area contributed by atoms with Gasteiger partial charge in [-0.1, -0.05) is 29.8 Å². The van der Waals surface area contributed by atoms with E-state index in [1.807, 2.05) is 62.5 Å². The molecule has 0 bridgehead atoms. The Hall–Kier alpha value is -2.54. The molecule has 1 aromatic carbocycles. The first-order valence-corrected chi connectivity index (χ1v) is 7.43. The van der Waals surface area contributed by atoms with Gasteiger partial charge in [-0.05, 0) is 44.9 Å². The van der Waals surface area contributed by atoms with Crippen LogP contribution in [0.15, 0.2) is 42.1 Å². The Morgan fingerprint density at radius 2 is 1.96 bits per heavy atom. The summed E-state index contributed by atoms with van der Waals surface area (Å²) < 4.78 is 5.29. The summed E-state index contributed by atoms with van der Waals surface area (Å²) in [5.74, 6) is -0.614. The topological polar surface area (TPSA) is 53.3 Å². The van der Waals surface area contributed by atoms with Gasteiger partial charge in [0, 0.05) is 20.3 Å². The van der Waals surface area contributed by atoms with Crippen LogP contribution in [0, 0.1) is 18.3 Å².